The highest BCUT2D eigenvalue weighted by Crippen LogP contribution is 2.17. The summed E-state index contributed by atoms with van der Waals surface area (Å²) in [6.45, 7) is 0.283. The lowest BCUT2D eigenvalue weighted by Gasteiger charge is -2.00. The Bertz CT molecular complexity index is 301. The molecule has 0 aliphatic heterocycles. The average Bonchev–Trinajstić information content (AvgIpc) is 2.15. The van der Waals surface area contributed by atoms with Crippen LogP contribution in [0.2, 0.25) is 0 Å². The SMILES string of the molecule is NOCCc1ccccc1[N+](=O)[O-]. The molecule has 1 aromatic rings. The van der Waals surface area contributed by atoms with Crippen molar-refractivity contribution in [3.05, 3.63) is 39.9 Å². The number of nitrogens with two attached hydrogens (primary N) is 1. The van der Waals surface area contributed by atoms with Crippen molar-refractivity contribution in [2.75, 3.05) is 6.61 Å². The second kappa shape index (κ2) is 4.54. The Hall–Kier alpha value is -1.46. The van der Waals surface area contributed by atoms with Crippen molar-refractivity contribution in [1.82, 2.24) is 0 Å². The Balaban J connectivity index is 2.84. The predicted octanol–water partition coefficient (Wildman–Crippen LogP) is 1.03. The Kier molecular flexibility index (Phi) is 3.36. The van der Waals surface area contributed by atoms with Crippen LogP contribution in [-0.2, 0) is 11.3 Å². The van der Waals surface area contributed by atoms with Crippen LogP contribution in [-0.4, -0.2) is 11.5 Å². The van der Waals surface area contributed by atoms with Crippen LogP contribution in [0.3, 0.4) is 0 Å². The fraction of sp³-hybridized carbons (Fsp3) is 0.250. The van der Waals surface area contributed by atoms with Crippen LogP contribution in [0.4, 0.5) is 5.69 Å². The molecule has 1 rings (SSSR count). The molecule has 0 spiro atoms. The van der Waals surface area contributed by atoms with Gasteiger partial charge in [0.2, 0.25) is 0 Å². The molecule has 13 heavy (non-hydrogen) atoms. The lowest BCUT2D eigenvalue weighted by atomic mass is 10.1. The normalized spacial score (nSPS) is 9.92. The van der Waals surface area contributed by atoms with Crippen LogP contribution >= 0.6 is 0 Å². The summed E-state index contributed by atoms with van der Waals surface area (Å²) in [5.41, 5.74) is 0.748. The lowest BCUT2D eigenvalue weighted by Crippen LogP contribution is -2.05. The number of hydrogen-bond acceptors (Lipinski definition) is 4. The van der Waals surface area contributed by atoms with Gasteiger partial charge in [0.15, 0.2) is 0 Å². The van der Waals surface area contributed by atoms with Gasteiger partial charge in [-0.05, 0) is 0 Å². The minimum Gasteiger partial charge on any atom is -0.304 e. The van der Waals surface area contributed by atoms with Crippen LogP contribution < -0.4 is 5.90 Å². The maximum absolute atomic E-state index is 10.5. The number of para-hydroxylation sites is 1. The molecule has 5 heteroatoms. The van der Waals surface area contributed by atoms with E-state index >= 15 is 0 Å². The Morgan fingerprint density at radius 3 is 2.77 bits per heavy atom. The monoisotopic (exact) mass is 182 g/mol. The van der Waals surface area contributed by atoms with Crippen LogP contribution in [0, 0.1) is 10.1 Å². The van der Waals surface area contributed by atoms with Crippen LogP contribution in [0.25, 0.3) is 0 Å². The van der Waals surface area contributed by atoms with E-state index in [1.165, 1.54) is 6.07 Å². The van der Waals surface area contributed by atoms with Gasteiger partial charge in [-0.2, -0.15) is 0 Å². The summed E-state index contributed by atoms with van der Waals surface area (Å²) >= 11 is 0. The number of nitro groups is 1. The molecule has 1 aromatic carbocycles. The summed E-state index contributed by atoms with van der Waals surface area (Å²) < 4.78 is 0. The molecule has 0 aliphatic carbocycles. The average molecular weight is 182 g/mol. The van der Waals surface area contributed by atoms with E-state index < -0.39 is 4.92 Å². The molecular weight excluding hydrogens is 172 g/mol. The summed E-state index contributed by atoms with van der Waals surface area (Å²) in [7, 11) is 0. The highest BCUT2D eigenvalue weighted by Gasteiger charge is 2.10. The van der Waals surface area contributed by atoms with Crippen LogP contribution in [0.5, 0.6) is 0 Å². The third-order valence-corrected chi connectivity index (χ3v) is 1.68. The molecule has 0 heterocycles. The van der Waals surface area contributed by atoms with E-state index in [1.54, 1.807) is 18.2 Å². The number of benzene rings is 1. The lowest BCUT2D eigenvalue weighted by molar-refractivity contribution is -0.385. The van der Waals surface area contributed by atoms with Gasteiger partial charge < -0.3 is 4.84 Å². The fourth-order valence-corrected chi connectivity index (χ4v) is 1.07. The molecule has 0 atom stereocenters. The van der Waals surface area contributed by atoms with Crippen molar-refractivity contribution < 1.29 is 9.76 Å². The highest BCUT2D eigenvalue weighted by molar-refractivity contribution is 5.39. The molecular formula is C8H10N2O3. The molecule has 0 aromatic heterocycles. The number of nitro benzene ring substituents is 1. The van der Waals surface area contributed by atoms with E-state index in [2.05, 4.69) is 4.84 Å². The zero-order chi connectivity index (χ0) is 9.68. The minimum atomic E-state index is -0.411. The number of nitrogens with zero attached hydrogens (tertiary/aromatic N) is 1. The largest absolute Gasteiger partial charge is 0.304 e. The van der Waals surface area contributed by atoms with Gasteiger partial charge in [-0.1, -0.05) is 18.2 Å². The number of rotatable bonds is 4. The van der Waals surface area contributed by atoms with Gasteiger partial charge >= 0.3 is 0 Å². The van der Waals surface area contributed by atoms with Gasteiger partial charge in [0, 0.05) is 18.1 Å². The van der Waals surface area contributed by atoms with Crippen molar-refractivity contribution in [3.8, 4) is 0 Å². The predicted molar refractivity (Wildman–Crippen MR) is 46.9 cm³/mol. The first kappa shape index (κ1) is 9.63. The van der Waals surface area contributed by atoms with Crippen molar-refractivity contribution in [3.63, 3.8) is 0 Å². The van der Waals surface area contributed by atoms with Crippen molar-refractivity contribution in [1.29, 1.82) is 0 Å². The maximum Gasteiger partial charge on any atom is 0.272 e. The summed E-state index contributed by atoms with van der Waals surface area (Å²) in [5, 5.41) is 10.5. The Morgan fingerprint density at radius 2 is 2.15 bits per heavy atom. The third-order valence-electron chi connectivity index (χ3n) is 1.68. The van der Waals surface area contributed by atoms with Gasteiger partial charge in [-0.3, -0.25) is 10.1 Å². The van der Waals surface area contributed by atoms with Gasteiger partial charge in [0.05, 0.1) is 11.5 Å². The summed E-state index contributed by atoms with van der Waals surface area (Å²) in [6, 6.07) is 6.53. The molecule has 0 bridgehead atoms. The van der Waals surface area contributed by atoms with Crippen LogP contribution in [0.15, 0.2) is 24.3 Å². The Labute approximate surface area is 75.2 Å². The maximum atomic E-state index is 10.5. The molecule has 0 amide bonds. The van der Waals surface area contributed by atoms with E-state index in [1.807, 2.05) is 0 Å². The van der Waals surface area contributed by atoms with Gasteiger partial charge in [0.1, 0.15) is 0 Å². The van der Waals surface area contributed by atoms with E-state index in [9.17, 15) is 10.1 Å². The number of hydrogen-bond donors (Lipinski definition) is 1. The quantitative estimate of drug-likeness (QED) is 0.557. The second-order valence-corrected chi connectivity index (χ2v) is 2.51. The van der Waals surface area contributed by atoms with E-state index in [0.717, 1.165) is 0 Å². The summed E-state index contributed by atoms with van der Waals surface area (Å²) in [6.07, 6.45) is 0.452. The summed E-state index contributed by atoms with van der Waals surface area (Å²) in [5.74, 6) is 4.83. The molecule has 0 fully saturated rings. The molecule has 5 nitrogen and oxygen atoms in total. The molecule has 0 radical (unpaired) electrons. The standard InChI is InChI=1S/C8H10N2O3/c9-13-6-5-7-3-1-2-4-8(7)10(11)12/h1-4H,5-6,9H2. The van der Waals surface area contributed by atoms with Gasteiger partial charge in [0.25, 0.3) is 5.69 Å². The second-order valence-electron chi connectivity index (χ2n) is 2.51. The molecule has 70 valence electrons. The van der Waals surface area contributed by atoms with E-state index in [0.29, 0.717) is 12.0 Å². The van der Waals surface area contributed by atoms with Crippen molar-refractivity contribution in [2.24, 2.45) is 5.90 Å². The van der Waals surface area contributed by atoms with E-state index in [-0.39, 0.29) is 12.3 Å². The first-order chi connectivity index (χ1) is 6.25. The Morgan fingerprint density at radius 1 is 1.46 bits per heavy atom. The van der Waals surface area contributed by atoms with Crippen molar-refractivity contribution in [2.45, 2.75) is 6.42 Å². The molecule has 2 N–H and O–H groups in total. The zero-order valence-corrected chi connectivity index (χ0v) is 6.97. The third kappa shape index (κ3) is 2.50. The minimum absolute atomic E-state index is 0.111. The van der Waals surface area contributed by atoms with Crippen molar-refractivity contribution >= 4 is 5.69 Å². The topological polar surface area (TPSA) is 78.4 Å². The fourth-order valence-electron chi connectivity index (χ4n) is 1.07. The molecule has 0 aliphatic rings. The first-order valence-electron chi connectivity index (χ1n) is 3.79. The summed E-state index contributed by atoms with van der Waals surface area (Å²) in [4.78, 5) is 14.5. The zero-order valence-electron chi connectivity index (χ0n) is 6.97. The highest BCUT2D eigenvalue weighted by atomic mass is 16.6. The van der Waals surface area contributed by atoms with Gasteiger partial charge in [-0.25, -0.2) is 5.90 Å². The van der Waals surface area contributed by atoms with E-state index in [4.69, 9.17) is 5.90 Å². The molecule has 0 saturated heterocycles. The molecule has 0 saturated carbocycles. The van der Waals surface area contributed by atoms with Crippen LogP contribution in [0.1, 0.15) is 5.56 Å². The first-order valence-corrected chi connectivity index (χ1v) is 3.79. The van der Waals surface area contributed by atoms with Gasteiger partial charge in [-0.15, -0.1) is 0 Å². The molecule has 0 unspecified atom stereocenters. The smallest absolute Gasteiger partial charge is 0.272 e.